The molecular formula is C22H25ClN3OS+. The molecule has 4 rings (SSSR count). The van der Waals surface area contributed by atoms with Gasteiger partial charge in [-0.2, -0.15) is 0 Å². The smallest absolute Gasteiger partial charge is 0.277 e. The normalized spacial score (nSPS) is 18.4. The number of piperidine rings is 1. The molecule has 4 nitrogen and oxygen atoms in total. The zero-order valence-corrected chi connectivity index (χ0v) is 17.5. The molecule has 1 aromatic heterocycles. The lowest BCUT2D eigenvalue weighted by atomic mass is 9.98. The van der Waals surface area contributed by atoms with Crippen molar-refractivity contribution in [1.29, 1.82) is 0 Å². The number of nitrogens with zero attached hydrogens (tertiary/aromatic N) is 2. The number of thiazole rings is 1. The first-order valence-electron chi connectivity index (χ1n) is 9.82. The summed E-state index contributed by atoms with van der Waals surface area (Å²) >= 11 is 7.85. The Hall–Kier alpha value is -1.95. The monoisotopic (exact) mass is 414 g/mol. The number of halogens is 1. The Kier molecular flexibility index (Phi) is 5.95. The van der Waals surface area contributed by atoms with Crippen LogP contribution >= 0.6 is 22.9 Å². The zero-order valence-electron chi connectivity index (χ0n) is 16.0. The summed E-state index contributed by atoms with van der Waals surface area (Å²) in [7, 11) is 0. The third-order valence-corrected chi connectivity index (χ3v) is 6.89. The van der Waals surface area contributed by atoms with Crippen LogP contribution in [0, 0.1) is 0 Å². The van der Waals surface area contributed by atoms with Crippen molar-refractivity contribution in [1.82, 2.24) is 9.88 Å². The van der Waals surface area contributed by atoms with E-state index in [4.69, 9.17) is 16.6 Å². The van der Waals surface area contributed by atoms with Crippen molar-refractivity contribution in [3.8, 4) is 0 Å². The molecule has 2 atom stereocenters. The molecule has 1 fully saturated rings. The van der Waals surface area contributed by atoms with Crippen molar-refractivity contribution in [2.45, 2.75) is 31.7 Å². The van der Waals surface area contributed by atoms with Gasteiger partial charge in [0.05, 0.1) is 15.2 Å². The van der Waals surface area contributed by atoms with Gasteiger partial charge in [-0.05, 0) is 44.0 Å². The number of hydrogen-bond donors (Lipinski definition) is 1. The van der Waals surface area contributed by atoms with Crippen molar-refractivity contribution in [2.75, 3.05) is 19.6 Å². The Balaban J connectivity index is 1.36. The summed E-state index contributed by atoms with van der Waals surface area (Å²) in [6.07, 6.45) is 2.14. The van der Waals surface area contributed by atoms with E-state index >= 15 is 0 Å². The average Bonchev–Trinajstić information content (AvgIpc) is 3.16. The molecule has 1 amide bonds. The number of nitrogens with two attached hydrogens (primary N) is 1. The van der Waals surface area contributed by atoms with E-state index in [9.17, 15) is 4.79 Å². The van der Waals surface area contributed by atoms with Crippen LogP contribution in [0.1, 0.15) is 42.3 Å². The zero-order chi connectivity index (χ0) is 19.5. The van der Waals surface area contributed by atoms with Crippen LogP contribution in [-0.4, -0.2) is 35.4 Å². The van der Waals surface area contributed by atoms with Gasteiger partial charge in [0.15, 0.2) is 6.54 Å². The van der Waals surface area contributed by atoms with E-state index < -0.39 is 0 Å². The number of likely N-dealkylation sites (tertiary alicyclic amines) is 1. The molecule has 28 heavy (non-hydrogen) atoms. The van der Waals surface area contributed by atoms with Crippen LogP contribution in [-0.2, 0) is 4.79 Å². The summed E-state index contributed by atoms with van der Waals surface area (Å²) in [6, 6.07) is 16.3. The van der Waals surface area contributed by atoms with E-state index in [1.54, 1.807) is 11.3 Å². The summed E-state index contributed by atoms with van der Waals surface area (Å²) in [4.78, 5) is 19.6. The fourth-order valence-corrected chi connectivity index (χ4v) is 5.09. The highest BCUT2D eigenvalue weighted by molar-refractivity contribution is 7.18. The summed E-state index contributed by atoms with van der Waals surface area (Å²) in [6.45, 7) is 4.19. The average molecular weight is 415 g/mol. The molecule has 1 saturated heterocycles. The standard InChI is InChI=1S/C22H24ClN3OS/c1-15(16-6-4-8-18(23)12-16)24-13-21(27)26-11-5-7-17(14-26)22-25-19-9-2-3-10-20(19)28-22/h2-4,6,8-10,12,15,17,24H,5,7,11,13-14H2,1H3/p+1/t15-,17-/m1/s1. The lowest BCUT2D eigenvalue weighted by Gasteiger charge is -2.31. The second-order valence-corrected chi connectivity index (χ2v) is 8.98. The number of benzene rings is 2. The van der Waals surface area contributed by atoms with Gasteiger partial charge in [-0.25, -0.2) is 4.98 Å². The van der Waals surface area contributed by atoms with Crippen LogP contribution in [0.5, 0.6) is 0 Å². The van der Waals surface area contributed by atoms with Crippen LogP contribution in [0.2, 0.25) is 5.02 Å². The minimum absolute atomic E-state index is 0.201. The predicted molar refractivity (Wildman–Crippen MR) is 115 cm³/mol. The summed E-state index contributed by atoms with van der Waals surface area (Å²) in [5.41, 5.74) is 2.21. The maximum absolute atomic E-state index is 12.8. The number of amides is 1. The van der Waals surface area contributed by atoms with Crippen molar-refractivity contribution < 1.29 is 10.1 Å². The fourth-order valence-electron chi connectivity index (χ4n) is 3.80. The molecule has 2 aromatic carbocycles. The number of quaternary nitrogens is 1. The Bertz CT molecular complexity index is 940. The Morgan fingerprint density at radius 2 is 2.18 bits per heavy atom. The van der Waals surface area contributed by atoms with E-state index in [1.807, 2.05) is 29.2 Å². The van der Waals surface area contributed by atoms with Gasteiger partial charge in [-0.3, -0.25) is 4.79 Å². The van der Waals surface area contributed by atoms with Gasteiger partial charge in [0, 0.05) is 29.6 Å². The molecule has 6 heteroatoms. The van der Waals surface area contributed by atoms with Gasteiger partial charge < -0.3 is 10.2 Å². The van der Waals surface area contributed by atoms with Crippen molar-refractivity contribution in [2.24, 2.45) is 0 Å². The van der Waals surface area contributed by atoms with E-state index in [1.165, 1.54) is 4.70 Å². The first-order chi connectivity index (χ1) is 13.6. The highest BCUT2D eigenvalue weighted by Gasteiger charge is 2.27. The van der Waals surface area contributed by atoms with Gasteiger partial charge in [0.1, 0.15) is 6.04 Å². The second kappa shape index (κ2) is 8.60. The summed E-state index contributed by atoms with van der Waals surface area (Å²) < 4.78 is 1.23. The molecule has 0 saturated carbocycles. The lowest BCUT2D eigenvalue weighted by Crippen LogP contribution is -2.87. The van der Waals surface area contributed by atoms with Gasteiger partial charge in [0.2, 0.25) is 0 Å². The first kappa shape index (κ1) is 19.4. The Morgan fingerprint density at radius 3 is 3.00 bits per heavy atom. The third-order valence-electron chi connectivity index (χ3n) is 5.45. The highest BCUT2D eigenvalue weighted by Crippen LogP contribution is 2.32. The summed E-state index contributed by atoms with van der Waals surface area (Å²) in [5.74, 6) is 0.556. The molecule has 0 spiro atoms. The first-order valence-corrected chi connectivity index (χ1v) is 11.0. The van der Waals surface area contributed by atoms with Crippen molar-refractivity contribution in [3.05, 3.63) is 64.1 Å². The SMILES string of the molecule is C[C@@H]([NH2+]CC(=O)N1CCC[C@@H](c2nc3ccccc3s2)C1)c1cccc(Cl)c1. The van der Waals surface area contributed by atoms with Crippen LogP contribution in [0.15, 0.2) is 48.5 Å². The van der Waals surface area contributed by atoms with E-state index in [-0.39, 0.29) is 11.9 Å². The van der Waals surface area contributed by atoms with Crippen LogP contribution in [0.3, 0.4) is 0 Å². The molecular weight excluding hydrogens is 390 g/mol. The minimum atomic E-state index is 0.201. The van der Waals surface area contributed by atoms with E-state index in [0.29, 0.717) is 12.5 Å². The minimum Gasteiger partial charge on any atom is -0.337 e. The fraction of sp³-hybridized carbons (Fsp3) is 0.364. The van der Waals surface area contributed by atoms with Crippen molar-refractivity contribution >= 4 is 39.1 Å². The number of carbonyl (C=O) groups excluding carboxylic acids is 1. The van der Waals surface area contributed by atoms with Crippen LogP contribution in [0.25, 0.3) is 10.2 Å². The number of carbonyl (C=O) groups is 1. The Labute approximate surface area is 174 Å². The maximum atomic E-state index is 12.8. The predicted octanol–water partition coefficient (Wildman–Crippen LogP) is 3.98. The van der Waals surface area contributed by atoms with E-state index in [0.717, 1.165) is 47.0 Å². The van der Waals surface area contributed by atoms with Gasteiger partial charge in [-0.15, -0.1) is 11.3 Å². The number of hydrogen-bond acceptors (Lipinski definition) is 3. The van der Waals surface area contributed by atoms with E-state index in [2.05, 4.69) is 36.5 Å². The molecule has 3 aromatic rings. The number of fused-ring (bicyclic) bond motifs is 1. The second-order valence-electron chi connectivity index (χ2n) is 7.48. The van der Waals surface area contributed by atoms with Crippen molar-refractivity contribution in [3.63, 3.8) is 0 Å². The highest BCUT2D eigenvalue weighted by atomic mass is 35.5. The molecule has 1 aliphatic rings. The topological polar surface area (TPSA) is 49.8 Å². The molecule has 0 aliphatic carbocycles. The lowest BCUT2D eigenvalue weighted by molar-refractivity contribution is -0.683. The number of para-hydroxylation sites is 1. The largest absolute Gasteiger partial charge is 0.337 e. The van der Waals surface area contributed by atoms with Gasteiger partial charge in [0.25, 0.3) is 5.91 Å². The molecule has 2 N–H and O–H groups in total. The molecule has 0 bridgehead atoms. The third kappa shape index (κ3) is 4.37. The molecule has 1 aliphatic heterocycles. The van der Waals surface area contributed by atoms with Gasteiger partial charge >= 0.3 is 0 Å². The number of rotatable bonds is 5. The van der Waals surface area contributed by atoms with Gasteiger partial charge in [-0.1, -0.05) is 35.9 Å². The molecule has 0 unspecified atom stereocenters. The van der Waals surface area contributed by atoms with Crippen LogP contribution in [0.4, 0.5) is 0 Å². The Morgan fingerprint density at radius 1 is 1.32 bits per heavy atom. The molecule has 146 valence electrons. The quantitative estimate of drug-likeness (QED) is 0.686. The summed E-state index contributed by atoms with van der Waals surface area (Å²) in [5, 5.41) is 3.99. The molecule has 0 radical (unpaired) electrons. The number of aromatic nitrogens is 1. The molecule has 2 heterocycles. The van der Waals surface area contributed by atoms with Crippen LogP contribution < -0.4 is 5.32 Å². The maximum Gasteiger partial charge on any atom is 0.277 e.